The number of aliphatic hydroxyl groups excluding tert-OH is 2. The molecular weight excluding hydrogens is 448 g/mol. The minimum Gasteiger partial charge on any atom is -0.493 e. The van der Waals surface area contributed by atoms with Gasteiger partial charge in [0.15, 0.2) is 11.5 Å². The number of carbonyl (C=O) groups is 3. The third-order valence-corrected chi connectivity index (χ3v) is 5.90. The molecule has 0 saturated heterocycles. The lowest BCUT2D eigenvalue weighted by Gasteiger charge is -2.40. The molecule has 34 heavy (non-hydrogen) atoms. The van der Waals surface area contributed by atoms with E-state index < -0.39 is 36.0 Å². The monoisotopic (exact) mass is 478 g/mol. The molecule has 2 amide bonds. The molecule has 0 bridgehead atoms. The second-order valence-corrected chi connectivity index (χ2v) is 7.92. The molecule has 0 saturated carbocycles. The molecule has 0 fully saturated rings. The van der Waals surface area contributed by atoms with E-state index in [1.54, 1.807) is 6.07 Å². The van der Waals surface area contributed by atoms with Crippen molar-refractivity contribution >= 4 is 18.1 Å². The summed E-state index contributed by atoms with van der Waals surface area (Å²) in [5, 5.41) is 23.1. The molecule has 0 aromatic heterocycles. The summed E-state index contributed by atoms with van der Waals surface area (Å²) in [4.78, 5) is 38.8. The Morgan fingerprint density at radius 2 is 2.00 bits per heavy atom. The quantitative estimate of drug-likeness (QED) is 0.350. The van der Waals surface area contributed by atoms with E-state index in [1.165, 1.54) is 38.4 Å². The summed E-state index contributed by atoms with van der Waals surface area (Å²) in [6, 6.07) is 2.18. The lowest BCUT2D eigenvalue weighted by atomic mass is 9.77. The van der Waals surface area contributed by atoms with E-state index in [2.05, 4.69) is 5.32 Å². The number of hydrogen-bond donors (Lipinski definition) is 3. The summed E-state index contributed by atoms with van der Waals surface area (Å²) in [6.45, 7) is -0.127. The van der Waals surface area contributed by atoms with Crippen molar-refractivity contribution < 1.29 is 43.5 Å². The number of nitrogens with one attached hydrogen (secondary N) is 1. The molecule has 0 unspecified atom stereocenters. The van der Waals surface area contributed by atoms with Crippen LogP contribution >= 0.6 is 0 Å². The number of nitrogens with zero attached hydrogens (tertiary/aromatic N) is 1. The van der Waals surface area contributed by atoms with Gasteiger partial charge in [-0.25, -0.2) is 0 Å². The van der Waals surface area contributed by atoms with Crippen LogP contribution in [0, 0.1) is 0 Å². The van der Waals surface area contributed by atoms with Crippen molar-refractivity contribution in [3.8, 4) is 11.5 Å². The number of methoxy groups -OCH3 is 3. The van der Waals surface area contributed by atoms with Gasteiger partial charge in [0.25, 0.3) is 0 Å². The molecule has 1 aliphatic heterocycles. The van der Waals surface area contributed by atoms with Crippen LogP contribution in [0.5, 0.6) is 11.5 Å². The molecule has 1 aromatic rings. The highest BCUT2D eigenvalue weighted by Crippen LogP contribution is 2.51. The molecule has 0 radical (unpaired) electrons. The Morgan fingerprint density at radius 3 is 2.62 bits per heavy atom. The van der Waals surface area contributed by atoms with Crippen molar-refractivity contribution in [1.82, 2.24) is 10.2 Å². The number of hydrogen-bond acceptors (Lipinski definition) is 9. The molecule has 0 spiro atoms. The molecular formula is C23H30N2O9. The number of amides is 2. The van der Waals surface area contributed by atoms with Crippen LogP contribution in [0.4, 0.5) is 0 Å². The number of ether oxygens (including phenoxy) is 4. The van der Waals surface area contributed by atoms with Crippen molar-refractivity contribution in [2.24, 2.45) is 0 Å². The SMILES string of the molecule is COCCN(C(=O)COC)[C@@H]1C=C(C(=O)NCCO)[C@@H]2c3cc(C=O)cc(OC)c3O[C@@H]2[C@H]1O. The fraction of sp³-hybridized carbons (Fsp3) is 0.522. The number of carbonyl (C=O) groups excluding carboxylic acids is 3. The smallest absolute Gasteiger partial charge is 0.249 e. The van der Waals surface area contributed by atoms with Gasteiger partial charge in [0, 0.05) is 44.0 Å². The third-order valence-electron chi connectivity index (χ3n) is 5.90. The first-order valence-corrected chi connectivity index (χ1v) is 10.8. The Morgan fingerprint density at radius 1 is 1.24 bits per heavy atom. The predicted octanol–water partition coefficient (Wildman–Crippen LogP) is -0.748. The maximum Gasteiger partial charge on any atom is 0.249 e. The Hall–Kier alpha value is -2.99. The van der Waals surface area contributed by atoms with Gasteiger partial charge in [0.05, 0.1) is 32.3 Å². The first kappa shape index (κ1) is 25.6. The normalized spacial score (nSPS) is 22.7. The highest BCUT2D eigenvalue weighted by Gasteiger charge is 2.51. The molecule has 3 N–H and O–H groups in total. The van der Waals surface area contributed by atoms with E-state index >= 15 is 0 Å². The van der Waals surface area contributed by atoms with Crippen molar-refractivity contribution in [3.63, 3.8) is 0 Å². The van der Waals surface area contributed by atoms with Gasteiger partial charge in [-0.3, -0.25) is 14.4 Å². The number of aldehydes is 1. The standard InChI is InChI=1S/C23H30N2O9/c1-31-7-5-25(18(28)12-32-2)16-10-15(23(30)24-4-6-26)19-14-8-13(11-27)9-17(33-3)21(14)34-22(19)20(16)29/h8-11,16,19-20,22,26,29H,4-7,12H2,1-3H3,(H,24,30)/t16-,19+,20+,22+/m1/s1. The zero-order valence-corrected chi connectivity index (χ0v) is 19.4. The van der Waals surface area contributed by atoms with Gasteiger partial charge in [0.2, 0.25) is 11.8 Å². The van der Waals surface area contributed by atoms with Crippen LogP contribution in [0.2, 0.25) is 0 Å². The second kappa shape index (κ2) is 11.4. The predicted molar refractivity (Wildman–Crippen MR) is 119 cm³/mol. The number of fused-ring (bicyclic) bond motifs is 3. The largest absolute Gasteiger partial charge is 0.493 e. The number of aliphatic hydroxyl groups is 2. The Labute approximate surface area is 197 Å². The van der Waals surface area contributed by atoms with Gasteiger partial charge in [-0.2, -0.15) is 0 Å². The molecule has 186 valence electrons. The van der Waals surface area contributed by atoms with Gasteiger partial charge < -0.3 is 39.4 Å². The average Bonchev–Trinajstić information content (AvgIpc) is 3.23. The van der Waals surface area contributed by atoms with Crippen LogP contribution in [-0.4, -0.2) is 106 Å². The third kappa shape index (κ3) is 4.92. The highest BCUT2D eigenvalue weighted by molar-refractivity contribution is 5.96. The summed E-state index contributed by atoms with van der Waals surface area (Å²) < 4.78 is 21.6. The van der Waals surface area contributed by atoms with E-state index in [0.29, 0.717) is 28.9 Å². The van der Waals surface area contributed by atoms with E-state index in [0.717, 1.165) is 0 Å². The van der Waals surface area contributed by atoms with Crippen LogP contribution in [0.3, 0.4) is 0 Å². The van der Waals surface area contributed by atoms with Gasteiger partial charge in [-0.15, -0.1) is 0 Å². The van der Waals surface area contributed by atoms with Crippen LogP contribution in [-0.2, 0) is 19.1 Å². The lowest BCUT2D eigenvalue weighted by molar-refractivity contribution is -0.141. The fourth-order valence-electron chi connectivity index (χ4n) is 4.39. The van der Waals surface area contributed by atoms with E-state index in [9.17, 15) is 24.6 Å². The second-order valence-electron chi connectivity index (χ2n) is 7.92. The molecule has 11 heteroatoms. The number of benzene rings is 1. The summed E-state index contributed by atoms with van der Waals surface area (Å²) in [5.74, 6) is -1.01. The molecule has 2 aliphatic rings. The zero-order valence-electron chi connectivity index (χ0n) is 19.4. The molecule has 3 rings (SSSR count). The molecule has 1 aliphatic carbocycles. The summed E-state index contributed by atoms with van der Waals surface area (Å²) in [5.41, 5.74) is 1.08. The summed E-state index contributed by atoms with van der Waals surface area (Å²) >= 11 is 0. The topological polar surface area (TPSA) is 144 Å². The molecule has 1 heterocycles. The summed E-state index contributed by atoms with van der Waals surface area (Å²) in [6.07, 6.45) is 0.0359. The zero-order chi connectivity index (χ0) is 24.8. The lowest BCUT2D eigenvalue weighted by Crippen LogP contribution is -2.57. The summed E-state index contributed by atoms with van der Waals surface area (Å²) in [7, 11) is 4.30. The van der Waals surface area contributed by atoms with Crippen LogP contribution < -0.4 is 14.8 Å². The Kier molecular flexibility index (Phi) is 8.61. The Balaban J connectivity index is 2.11. The van der Waals surface area contributed by atoms with E-state index in [1.807, 2.05) is 0 Å². The van der Waals surface area contributed by atoms with Gasteiger partial charge >= 0.3 is 0 Å². The minimum atomic E-state index is -1.21. The Bertz CT molecular complexity index is 949. The van der Waals surface area contributed by atoms with Crippen molar-refractivity contribution in [2.45, 2.75) is 24.2 Å². The van der Waals surface area contributed by atoms with Crippen LogP contribution in [0.25, 0.3) is 0 Å². The van der Waals surface area contributed by atoms with Crippen molar-refractivity contribution in [3.05, 3.63) is 34.9 Å². The maximum absolute atomic E-state index is 13.1. The van der Waals surface area contributed by atoms with Gasteiger partial charge in [0.1, 0.15) is 25.1 Å². The molecule has 4 atom stereocenters. The average molecular weight is 478 g/mol. The minimum absolute atomic E-state index is 0.0161. The van der Waals surface area contributed by atoms with Crippen LogP contribution in [0.15, 0.2) is 23.8 Å². The highest BCUT2D eigenvalue weighted by atomic mass is 16.5. The van der Waals surface area contributed by atoms with Gasteiger partial charge in [-0.05, 0) is 18.2 Å². The van der Waals surface area contributed by atoms with Crippen LogP contribution in [0.1, 0.15) is 21.8 Å². The number of rotatable bonds is 11. The first-order chi connectivity index (χ1) is 16.4. The molecule has 1 aromatic carbocycles. The van der Waals surface area contributed by atoms with E-state index in [-0.39, 0.29) is 38.5 Å². The van der Waals surface area contributed by atoms with Crippen molar-refractivity contribution in [1.29, 1.82) is 0 Å². The first-order valence-electron chi connectivity index (χ1n) is 10.8. The van der Waals surface area contributed by atoms with E-state index in [4.69, 9.17) is 18.9 Å². The van der Waals surface area contributed by atoms with Crippen molar-refractivity contribution in [2.75, 3.05) is 54.2 Å². The fourth-order valence-corrected chi connectivity index (χ4v) is 4.39. The maximum atomic E-state index is 13.1. The van der Waals surface area contributed by atoms with Gasteiger partial charge in [-0.1, -0.05) is 0 Å². The molecule has 11 nitrogen and oxygen atoms in total.